The fourth-order valence-corrected chi connectivity index (χ4v) is 1.97. The summed E-state index contributed by atoms with van der Waals surface area (Å²) in [6.45, 7) is -0.250. The molecule has 2 rings (SSSR count). The Morgan fingerprint density at radius 3 is 1.44 bits per heavy atom. The average molecular weight is 232 g/mol. The molecule has 0 spiro atoms. The van der Waals surface area contributed by atoms with Crippen molar-refractivity contribution in [2.24, 2.45) is 0 Å². The Bertz CT molecular complexity index is 363. The summed E-state index contributed by atoms with van der Waals surface area (Å²) in [4.78, 5) is 10.9. The summed E-state index contributed by atoms with van der Waals surface area (Å²) in [5.41, 5.74) is 0. The number of carboxylic acid groups (broad SMARTS) is 1. The lowest BCUT2D eigenvalue weighted by molar-refractivity contribution is -0.122. The molecule has 0 saturated heterocycles. The zero-order valence-electron chi connectivity index (χ0n) is 8.61. The summed E-state index contributed by atoms with van der Waals surface area (Å²) in [6, 6.07) is 20.8. The number of benzene rings is 2. The van der Waals surface area contributed by atoms with Crippen LogP contribution in [0.15, 0.2) is 70.5 Å². The first-order chi connectivity index (χ1) is 7.86. The molecule has 0 aliphatic heterocycles. The van der Waals surface area contributed by atoms with E-state index in [4.69, 9.17) is 9.90 Å². The Kier molecular flexibility index (Phi) is 5.81. The van der Waals surface area contributed by atoms with Gasteiger partial charge in [-0.05, 0) is 24.3 Å². The lowest BCUT2D eigenvalue weighted by atomic mass is 10.4. The van der Waals surface area contributed by atoms with Crippen molar-refractivity contribution in [3.63, 3.8) is 0 Å². The van der Waals surface area contributed by atoms with Crippen LogP contribution in [0.4, 0.5) is 0 Å². The lowest BCUT2D eigenvalue weighted by Crippen LogP contribution is -1.70. The van der Waals surface area contributed by atoms with Crippen LogP contribution in [0.5, 0.6) is 0 Å². The number of hydrogen-bond donors (Lipinski definition) is 1. The third kappa shape index (κ3) is 4.66. The van der Waals surface area contributed by atoms with Crippen LogP contribution in [0.25, 0.3) is 0 Å². The first-order valence-corrected chi connectivity index (χ1v) is 5.54. The maximum Gasteiger partial charge on any atom is 0.290 e. The average Bonchev–Trinajstić information content (AvgIpc) is 2.33. The van der Waals surface area contributed by atoms with Crippen molar-refractivity contribution >= 4 is 18.2 Å². The monoisotopic (exact) mass is 232 g/mol. The topological polar surface area (TPSA) is 37.3 Å². The molecule has 2 aromatic carbocycles. The van der Waals surface area contributed by atoms with Gasteiger partial charge in [-0.25, -0.2) is 0 Å². The molecule has 0 radical (unpaired) electrons. The highest BCUT2D eigenvalue weighted by Crippen LogP contribution is 2.26. The molecule has 0 heterocycles. The van der Waals surface area contributed by atoms with E-state index in [1.165, 1.54) is 9.79 Å². The van der Waals surface area contributed by atoms with Crippen molar-refractivity contribution in [2.75, 3.05) is 0 Å². The van der Waals surface area contributed by atoms with Crippen molar-refractivity contribution in [2.45, 2.75) is 9.79 Å². The zero-order valence-corrected chi connectivity index (χ0v) is 9.43. The predicted molar refractivity (Wildman–Crippen MR) is 65.7 cm³/mol. The van der Waals surface area contributed by atoms with Gasteiger partial charge in [0.1, 0.15) is 0 Å². The lowest BCUT2D eigenvalue weighted by Gasteiger charge is -1.99. The van der Waals surface area contributed by atoms with Gasteiger partial charge in [0.2, 0.25) is 0 Å². The van der Waals surface area contributed by atoms with E-state index in [0.717, 1.165) is 0 Å². The second-order valence-corrected chi connectivity index (χ2v) is 3.98. The second kappa shape index (κ2) is 7.54. The second-order valence-electron chi connectivity index (χ2n) is 2.83. The summed E-state index contributed by atoms with van der Waals surface area (Å²) < 4.78 is 0. The Morgan fingerprint density at radius 2 is 1.12 bits per heavy atom. The highest BCUT2D eigenvalue weighted by molar-refractivity contribution is 7.99. The highest BCUT2D eigenvalue weighted by atomic mass is 32.2. The van der Waals surface area contributed by atoms with E-state index in [1.807, 2.05) is 12.1 Å². The minimum Gasteiger partial charge on any atom is -0.483 e. The minimum absolute atomic E-state index is 0.250. The maximum absolute atomic E-state index is 8.36. The molecule has 2 nitrogen and oxygen atoms in total. The van der Waals surface area contributed by atoms with Crippen LogP contribution in [0, 0.1) is 0 Å². The molecular weight excluding hydrogens is 220 g/mol. The number of hydrogen-bond acceptors (Lipinski definition) is 2. The molecule has 0 fully saturated rings. The summed E-state index contributed by atoms with van der Waals surface area (Å²) in [5, 5.41) is 6.89. The Labute approximate surface area is 98.9 Å². The van der Waals surface area contributed by atoms with E-state index < -0.39 is 0 Å². The largest absolute Gasteiger partial charge is 0.483 e. The molecule has 0 atom stereocenters. The van der Waals surface area contributed by atoms with Gasteiger partial charge in [0, 0.05) is 9.79 Å². The smallest absolute Gasteiger partial charge is 0.290 e. The third-order valence-electron chi connectivity index (χ3n) is 1.72. The molecular formula is C13H12O2S. The Hall–Kier alpha value is -1.74. The quantitative estimate of drug-likeness (QED) is 0.805. The van der Waals surface area contributed by atoms with Crippen molar-refractivity contribution in [1.82, 2.24) is 0 Å². The Balaban J connectivity index is 0.000000386. The first kappa shape index (κ1) is 12.3. The van der Waals surface area contributed by atoms with Crippen LogP contribution in [0.2, 0.25) is 0 Å². The number of rotatable bonds is 2. The molecule has 0 bridgehead atoms. The fourth-order valence-electron chi connectivity index (χ4n) is 1.11. The van der Waals surface area contributed by atoms with Crippen LogP contribution in [-0.4, -0.2) is 11.6 Å². The van der Waals surface area contributed by atoms with Gasteiger partial charge < -0.3 is 5.11 Å². The van der Waals surface area contributed by atoms with Crippen LogP contribution < -0.4 is 0 Å². The summed E-state index contributed by atoms with van der Waals surface area (Å²) in [7, 11) is 0. The van der Waals surface area contributed by atoms with Gasteiger partial charge in [0.25, 0.3) is 6.47 Å². The molecule has 0 aromatic heterocycles. The van der Waals surface area contributed by atoms with E-state index >= 15 is 0 Å². The van der Waals surface area contributed by atoms with Gasteiger partial charge >= 0.3 is 0 Å². The first-order valence-electron chi connectivity index (χ1n) is 4.72. The molecule has 1 N–H and O–H groups in total. The normalized spacial score (nSPS) is 8.75. The van der Waals surface area contributed by atoms with Gasteiger partial charge in [-0.1, -0.05) is 48.2 Å². The molecule has 0 amide bonds. The summed E-state index contributed by atoms with van der Waals surface area (Å²) in [6.07, 6.45) is 0. The van der Waals surface area contributed by atoms with Gasteiger partial charge in [0.15, 0.2) is 0 Å². The van der Waals surface area contributed by atoms with Gasteiger partial charge in [-0.15, -0.1) is 0 Å². The van der Waals surface area contributed by atoms with Gasteiger partial charge in [-0.3, -0.25) is 4.79 Å². The maximum atomic E-state index is 8.36. The molecule has 2 aromatic rings. The molecule has 0 unspecified atom stereocenters. The standard InChI is InChI=1S/C12H10S.CH2O2/c1-3-7-11(8-4-1)13-12-9-5-2-6-10-12;2-1-3/h1-10H;1H,(H,2,3). The molecule has 3 heteroatoms. The van der Waals surface area contributed by atoms with E-state index in [2.05, 4.69) is 48.5 Å². The Morgan fingerprint density at radius 1 is 0.812 bits per heavy atom. The SMILES string of the molecule is O=CO.c1ccc(Sc2ccccc2)cc1. The van der Waals surface area contributed by atoms with E-state index in [1.54, 1.807) is 11.8 Å². The summed E-state index contributed by atoms with van der Waals surface area (Å²) >= 11 is 1.79. The van der Waals surface area contributed by atoms with Crippen LogP contribution in [0.1, 0.15) is 0 Å². The molecule has 0 aliphatic rings. The van der Waals surface area contributed by atoms with Gasteiger partial charge in [0.05, 0.1) is 0 Å². The summed E-state index contributed by atoms with van der Waals surface area (Å²) in [5.74, 6) is 0. The van der Waals surface area contributed by atoms with Crippen molar-refractivity contribution in [3.05, 3.63) is 60.7 Å². The molecule has 82 valence electrons. The van der Waals surface area contributed by atoms with Gasteiger partial charge in [-0.2, -0.15) is 0 Å². The van der Waals surface area contributed by atoms with E-state index in [0.29, 0.717) is 0 Å². The fraction of sp³-hybridized carbons (Fsp3) is 0. The third-order valence-corrected chi connectivity index (χ3v) is 2.74. The van der Waals surface area contributed by atoms with Crippen LogP contribution in [0.3, 0.4) is 0 Å². The molecule has 0 aliphatic carbocycles. The van der Waals surface area contributed by atoms with Crippen LogP contribution in [-0.2, 0) is 4.79 Å². The zero-order chi connectivity index (χ0) is 11.6. The van der Waals surface area contributed by atoms with E-state index in [-0.39, 0.29) is 6.47 Å². The molecule has 0 saturated carbocycles. The van der Waals surface area contributed by atoms with E-state index in [9.17, 15) is 0 Å². The van der Waals surface area contributed by atoms with Crippen molar-refractivity contribution in [1.29, 1.82) is 0 Å². The predicted octanol–water partition coefficient (Wildman–Crippen LogP) is 3.54. The highest BCUT2D eigenvalue weighted by Gasteiger charge is 1.93. The van der Waals surface area contributed by atoms with Crippen molar-refractivity contribution < 1.29 is 9.90 Å². The van der Waals surface area contributed by atoms with Crippen molar-refractivity contribution in [3.8, 4) is 0 Å². The van der Waals surface area contributed by atoms with Crippen LogP contribution >= 0.6 is 11.8 Å². The number of carbonyl (C=O) groups is 1. The molecule has 16 heavy (non-hydrogen) atoms. The minimum atomic E-state index is -0.250.